The van der Waals surface area contributed by atoms with Gasteiger partial charge in [-0.1, -0.05) is 12.1 Å². The van der Waals surface area contributed by atoms with Gasteiger partial charge in [0.15, 0.2) is 0 Å². The largest absolute Gasteiger partial charge is 0.490 e. The number of alkyl halides is 2. The number of amides is 2. The molecule has 1 atom stereocenters. The number of halogens is 2. The van der Waals surface area contributed by atoms with Gasteiger partial charge in [-0.15, -0.1) is 0 Å². The molecule has 1 aromatic rings. The standard InChI is InChI=1S/C27H39F2N3O5/c1-18(2)35-26(34)31-13-11-23(12-14-31)37-22-9-7-21(8-10-22)36-20-5-3-19(4-6-20)15-24(30)25(33)32-16-27(28,29)17-32/h3-6,18,21-24H,7-17,30H2,1-2H3. The van der Waals surface area contributed by atoms with Gasteiger partial charge in [0, 0.05) is 13.1 Å². The van der Waals surface area contributed by atoms with E-state index in [0.717, 1.165) is 54.7 Å². The minimum Gasteiger partial charge on any atom is -0.490 e. The number of hydrogen-bond acceptors (Lipinski definition) is 6. The second-order valence-electron chi connectivity index (χ2n) is 10.8. The molecule has 2 heterocycles. The molecule has 2 amide bonds. The molecule has 2 saturated heterocycles. The molecule has 206 valence electrons. The minimum absolute atomic E-state index is 0.110. The third kappa shape index (κ3) is 7.77. The molecule has 2 N–H and O–H groups in total. The van der Waals surface area contributed by atoms with Gasteiger partial charge in [0.25, 0.3) is 5.92 Å². The molecule has 0 spiro atoms. The smallest absolute Gasteiger partial charge is 0.410 e. The van der Waals surface area contributed by atoms with Crippen molar-refractivity contribution in [3.63, 3.8) is 0 Å². The van der Waals surface area contributed by atoms with Crippen LogP contribution < -0.4 is 10.5 Å². The zero-order valence-electron chi connectivity index (χ0n) is 21.7. The molecule has 8 nitrogen and oxygen atoms in total. The summed E-state index contributed by atoms with van der Waals surface area (Å²) < 4.78 is 43.8. The number of nitrogens with two attached hydrogens (primary N) is 1. The van der Waals surface area contributed by atoms with Crippen LogP contribution in [0, 0.1) is 0 Å². The van der Waals surface area contributed by atoms with E-state index in [1.807, 2.05) is 38.1 Å². The maximum absolute atomic E-state index is 13.0. The monoisotopic (exact) mass is 523 g/mol. The van der Waals surface area contributed by atoms with E-state index in [9.17, 15) is 18.4 Å². The van der Waals surface area contributed by atoms with Crippen molar-refractivity contribution in [2.24, 2.45) is 5.73 Å². The number of hydrogen-bond donors (Lipinski definition) is 1. The van der Waals surface area contributed by atoms with Crippen LogP contribution in [-0.2, 0) is 20.7 Å². The summed E-state index contributed by atoms with van der Waals surface area (Å²) >= 11 is 0. The zero-order chi connectivity index (χ0) is 26.6. The Labute approximate surface area is 217 Å². The predicted octanol–water partition coefficient (Wildman–Crippen LogP) is 3.75. The number of piperidine rings is 1. The molecule has 0 aromatic heterocycles. The average Bonchev–Trinajstić information content (AvgIpc) is 2.84. The summed E-state index contributed by atoms with van der Waals surface area (Å²) in [6.07, 6.45) is 5.80. The van der Waals surface area contributed by atoms with Crippen molar-refractivity contribution < 1.29 is 32.6 Å². The third-order valence-electron chi connectivity index (χ3n) is 7.20. The van der Waals surface area contributed by atoms with Gasteiger partial charge >= 0.3 is 6.09 Å². The molecule has 2 aliphatic heterocycles. The third-order valence-corrected chi connectivity index (χ3v) is 7.20. The Morgan fingerprint density at radius 3 is 2.08 bits per heavy atom. The Morgan fingerprint density at radius 1 is 0.946 bits per heavy atom. The van der Waals surface area contributed by atoms with E-state index in [1.165, 1.54) is 0 Å². The number of rotatable bonds is 8. The lowest BCUT2D eigenvalue weighted by atomic mass is 9.94. The van der Waals surface area contributed by atoms with Crippen LogP contribution >= 0.6 is 0 Å². The molecular weight excluding hydrogens is 484 g/mol. The summed E-state index contributed by atoms with van der Waals surface area (Å²) in [6.45, 7) is 3.94. The number of nitrogens with zero attached hydrogens (tertiary/aromatic N) is 2. The van der Waals surface area contributed by atoms with Crippen LogP contribution in [0.3, 0.4) is 0 Å². The Balaban J connectivity index is 1.13. The molecule has 0 bridgehead atoms. The van der Waals surface area contributed by atoms with Gasteiger partial charge in [0.2, 0.25) is 5.91 Å². The van der Waals surface area contributed by atoms with Crippen molar-refractivity contribution in [3.8, 4) is 5.75 Å². The van der Waals surface area contributed by atoms with E-state index in [0.29, 0.717) is 19.5 Å². The molecule has 4 rings (SSSR count). The van der Waals surface area contributed by atoms with Crippen molar-refractivity contribution in [2.75, 3.05) is 26.2 Å². The first-order chi connectivity index (χ1) is 17.6. The summed E-state index contributed by atoms with van der Waals surface area (Å²) in [7, 11) is 0. The molecule has 3 fully saturated rings. The number of ether oxygens (including phenoxy) is 3. The molecule has 1 unspecified atom stereocenters. The first-order valence-corrected chi connectivity index (χ1v) is 13.4. The Kier molecular flexibility index (Phi) is 8.90. The van der Waals surface area contributed by atoms with Crippen LogP contribution in [0.4, 0.5) is 13.6 Å². The highest BCUT2D eigenvalue weighted by Crippen LogP contribution is 2.29. The maximum atomic E-state index is 13.0. The first kappa shape index (κ1) is 27.6. The van der Waals surface area contributed by atoms with Gasteiger partial charge in [-0.2, -0.15) is 0 Å². The van der Waals surface area contributed by atoms with E-state index in [1.54, 1.807) is 4.90 Å². The van der Waals surface area contributed by atoms with Crippen LogP contribution in [0.5, 0.6) is 5.75 Å². The topological polar surface area (TPSA) is 94.3 Å². The van der Waals surface area contributed by atoms with Crippen molar-refractivity contribution >= 4 is 12.0 Å². The number of likely N-dealkylation sites (tertiary alicyclic amines) is 2. The summed E-state index contributed by atoms with van der Waals surface area (Å²) in [5, 5.41) is 0. The van der Waals surface area contributed by atoms with Gasteiger partial charge < -0.3 is 29.7 Å². The Bertz CT molecular complexity index is 905. The van der Waals surface area contributed by atoms with Gasteiger partial charge in [-0.25, -0.2) is 13.6 Å². The second-order valence-corrected chi connectivity index (χ2v) is 10.8. The van der Waals surface area contributed by atoms with Gasteiger partial charge in [0.05, 0.1) is 43.5 Å². The lowest BCUT2D eigenvalue weighted by Crippen LogP contribution is -2.62. The number of benzene rings is 1. The van der Waals surface area contributed by atoms with Gasteiger partial charge in [-0.05, 0) is 76.5 Å². The molecule has 10 heteroatoms. The van der Waals surface area contributed by atoms with Crippen LogP contribution in [0.15, 0.2) is 24.3 Å². The van der Waals surface area contributed by atoms with Crippen LogP contribution in [0.1, 0.15) is 57.9 Å². The molecule has 1 aromatic carbocycles. The fourth-order valence-corrected chi connectivity index (χ4v) is 5.15. The van der Waals surface area contributed by atoms with Crippen LogP contribution in [-0.4, -0.2) is 84.4 Å². The molecular formula is C27H39F2N3O5. The highest BCUT2D eigenvalue weighted by Gasteiger charge is 2.47. The first-order valence-electron chi connectivity index (χ1n) is 13.4. The number of carbonyl (C=O) groups is 2. The SMILES string of the molecule is CC(C)OC(=O)N1CCC(OC2CCC(Oc3ccc(CC(N)C(=O)N4CC(F)(F)C4)cc3)CC2)CC1. The molecule has 1 saturated carbocycles. The summed E-state index contributed by atoms with van der Waals surface area (Å²) in [6, 6.07) is 6.63. The zero-order valence-corrected chi connectivity index (χ0v) is 21.7. The average molecular weight is 524 g/mol. The fourth-order valence-electron chi connectivity index (χ4n) is 5.15. The van der Waals surface area contributed by atoms with Gasteiger partial charge in [-0.3, -0.25) is 4.79 Å². The van der Waals surface area contributed by atoms with Crippen molar-refractivity contribution in [1.29, 1.82) is 0 Å². The highest BCUT2D eigenvalue weighted by atomic mass is 19.3. The van der Waals surface area contributed by atoms with E-state index in [-0.39, 0.29) is 30.5 Å². The summed E-state index contributed by atoms with van der Waals surface area (Å²) in [4.78, 5) is 27.1. The Morgan fingerprint density at radius 2 is 1.51 bits per heavy atom. The fraction of sp³-hybridized carbons (Fsp3) is 0.704. The minimum atomic E-state index is -2.79. The molecule has 3 aliphatic rings. The second kappa shape index (κ2) is 11.9. The molecule has 1 aliphatic carbocycles. The van der Waals surface area contributed by atoms with Crippen LogP contribution in [0.2, 0.25) is 0 Å². The lowest BCUT2D eigenvalue weighted by molar-refractivity contribution is -0.166. The highest BCUT2D eigenvalue weighted by molar-refractivity contribution is 5.83. The number of carbonyl (C=O) groups excluding carboxylic acids is 2. The van der Waals surface area contributed by atoms with Gasteiger partial charge in [0.1, 0.15) is 5.75 Å². The lowest BCUT2D eigenvalue weighted by Gasteiger charge is -2.39. The van der Waals surface area contributed by atoms with Crippen LogP contribution in [0.25, 0.3) is 0 Å². The van der Waals surface area contributed by atoms with E-state index >= 15 is 0 Å². The molecule has 0 radical (unpaired) electrons. The van der Waals surface area contributed by atoms with E-state index in [2.05, 4.69) is 0 Å². The predicted molar refractivity (Wildman–Crippen MR) is 134 cm³/mol. The maximum Gasteiger partial charge on any atom is 0.410 e. The summed E-state index contributed by atoms with van der Waals surface area (Å²) in [5.41, 5.74) is 6.81. The molecule has 37 heavy (non-hydrogen) atoms. The van der Waals surface area contributed by atoms with Crippen molar-refractivity contribution in [2.45, 2.75) is 95.2 Å². The van der Waals surface area contributed by atoms with E-state index in [4.69, 9.17) is 19.9 Å². The van der Waals surface area contributed by atoms with E-state index < -0.39 is 31.0 Å². The quantitative estimate of drug-likeness (QED) is 0.558. The van der Waals surface area contributed by atoms with Crippen molar-refractivity contribution in [3.05, 3.63) is 29.8 Å². The Hall–Kier alpha value is -2.46. The normalized spacial score (nSPS) is 24.9. The summed E-state index contributed by atoms with van der Waals surface area (Å²) in [5.74, 6) is -2.47. The van der Waals surface area contributed by atoms with Crippen molar-refractivity contribution in [1.82, 2.24) is 9.80 Å².